The van der Waals surface area contributed by atoms with Crippen LogP contribution in [0, 0.1) is 33.8 Å². The van der Waals surface area contributed by atoms with Crippen LogP contribution in [0.5, 0.6) is 0 Å². The van der Waals surface area contributed by atoms with Crippen molar-refractivity contribution in [1.82, 2.24) is 0 Å². The summed E-state index contributed by atoms with van der Waals surface area (Å²) in [6, 6.07) is 5.32. The summed E-state index contributed by atoms with van der Waals surface area (Å²) < 4.78 is 0. The highest BCUT2D eigenvalue weighted by Gasteiger charge is 2.65. The summed E-state index contributed by atoms with van der Waals surface area (Å²) >= 11 is 5.83. The second-order valence-corrected chi connectivity index (χ2v) is 6.51. The highest BCUT2D eigenvalue weighted by molar-refractivity contribution is 6.30. The average molecular weight is 279 g/mol. The molecule has 0 aliphatic heterocycles. The van der Waals surface area contributed by atoms with Crippen molar-refractivity contribution in [2.75, 3.05) is 5.32 Å². The molecule has 0 heterocycles. The van der Waals surface area contributed by atoms with Crippen LogP contribution in [-0.4, -0.2) is 11.0 Å². The van der Waals surface area contributed by atoms with E-state index in [0.29, 0.717) is 16.8 Å². The number of rotatable bonds is 3. The number of hydrogen-bond donors (Lipinski definition) is 1. The number of benzene rings is 1. The molecule has 4 rings (SSSR count). The van der Waals surface area contributed by atoms with E-state index < -0.39 is 0 Å². The molecular formula is C14H15ClN2O2. The summed E-state index contributed by atoms with van der Waals surface area (Å²) in [4.78, 5) is 10.7. The summed E-state index contributed by atoms with van der Waals surface area (Å²) in [5, 5.41) is 14.9. The Bertz CT molecular complexity index is 546. The summed E-state index contributed by atoms with van der Waals surface area (Å²) in [7, 11) is 0. The fourth-order valence-electron chi connectivity index (χ4n) is 4.48. The van der Waals surface area contributed by atoms with Crippen molar-refractivity contribution < 1.29 is 4.92 Å². The molecule has 0 aromatic heterocycles. The third kappa shape index (κ3) is 1.66. The molecular weight excluding hydrogens is 264 g/mol. The maximum atomic E-state index is 11.1. The highest BCUT2D eigenvalue weighted by atomic mass is 35.5. The fraction of sp³-hybridized carbons (Fsp3) is 0.571. The molecule has 1 aromatic carbocycles. The predicted octanol–water partition coefficient (Wildman–Crippen LogP) is 3.70. The largest absolute Gasteiger partial charge is 0.376 e. The van der Waals surface area contributed by atoms with Crippen LogP contribution in [0.1, 0.15) is 19.3 Å². The van der Waals surface area contributed by atoms with Gasteiger partial charge in [0.1, 0.15) is 5.69 Å². The predicted molar refractivity (Wildman–Crippen MR) is 73.3 cm³/mol. The van der Waals surface area contributed by atoms with Crippen LogP contribution in [-0.2, 0) is 0 Å². The zero-order valence-electron chi connectivity index (χ0n) is 10.4. The number of nitro benzene ring substituents is 1. The molecule has 0 saturated heterocycles. The minimum atomic E-state index is -0.360. The van der Waals surface area contributed by atoms with Crippen molar-refractivity contribution in [2.45, 2.75) is 25.3 Å². The van der Waals surface area contributed by atoms with Gasteiger partial charge in [-0.2, -0.15) is 0 Å². The molecule has 19 heavy (non-hydrogen) atoms. The molecule has 4 unspecified atom stereocenters. The Labute approximate surface area is 116 Å². The highest BCUT2D eigenvalue weighted by Crippen LogP contribution is 2.66. The topological polar surface area (TPSA) is 55.2 Å². The second kappa shape index (κ2) is 3.85. The third-order valence-corrected chi connectivity index (χ3v) is 5.45. The van der Waals surface area contributed by atoms with Crippen LogP contribution in [0.3, 0.4) is 0 Å². The Morgan fingerprint density at radius 1 is 1.26 bits per heavy atom. The lowest BCUT2D eigenvalue weighted by molar-refractivity contribution is -0.384. The van der Waals surface area contributed by atoms with E-state index in [1.807, 2.05) is 0 Å². The number of fused-ring (bicyclic) bond motifs is 5. The van der Waals surface area contributed by atoms with Gasteiger partial charge in [0.2, 0.25) is 0 Å². The quantitative estimate of drug-likeness (QED) is 0.677. The van der Waals surface area contributed by atoms with Gasteiger partial charge in [-0.1, -0.05) is 11.6 Å². The van der Waals surface area contributed by atoms with Crippen LogP contribution in [0.15, 0.2) is 18.2 Å². The second-order valence-electron chi connectivity index (χ2n) is 6.08. The van der Waals surface area contributed by atoms with Crippen molar-refractivity contribution in [3.05, 3.63) is 33.3 Å². The molecule has 0 radical (unpaired) electrons. The molecule has 3 fully saturated rings. The van der Waals surface area contributed by atoms with Crippen LogP contribution >= 0.6 is 11.6 Å². The number of hydrogen-bond acceptors (Lipinski definition) is 3. The molecule has 3 aliphatic carbocycles. The van der Waals surface area contributed by atoms with Gasteiger partial charge in [0.25, 0.3) is 5.69 Å². The van der Waals surface area contributed by atoms with Crippen molar-refractivity contribution in [3.8, 4) is 0 Å². The molecule has 100 valence electrons. The first-order valence-corrected chi connectivity index (χ1v) is 7.23. The molecule has 1 aromatic rings. The van der Waals surface area contributed by atoms with Crippen molar-refractivity contribution in [2.24, 2.45) is 23.7 Å². The molecule has 5 heteroatoms. The van der Waals surface area contributed by atoms with Gasteiger partial charge in [-0.15, -0.1) is 0 Å². The zero-order valence-corrected chi connectivity index (χ0v) is 11.1. The molecule has 4 atom stereocenters. The van der Waals surface area contributed by atoms with Gasteiger partial charge in [0, 0.05) is 17.1 Å². The average Bonchev–Trinajstić information content (AvgIpc) is 2.79. The minimum absolute atomic E-state index is 0.0878. The van der Waals surface area contributed by atoms with Crippen LogP contribution in [0.25, 0.3) is 0 Å². The number of halogens is 1. The monoisotopic (exact) mass is 278 g/mol. The van der Waals surface area contributed by atoms with Crippen molar-refractivity contribution >= 4 is 23.0 Å². The Kier molecular flexibility index (Phi) is 2.34. The fourth-order valence-corrected chi connectivity index (χ4v) is 4.64. The molecule has 1 N–H and O–H groups in total. The first-order valence-electron chi connectivity index (χ1n) is 6.85. The Morgan fingerprint density at radius 3 is 2.58 bits per heavy atom. The Balaban J connectivity index is 1.57. The van der Waals surface area contributed by atoms with Crippen molar-refractivity contribution in [3.63, 3.8) is 0 Å². The lowest BCUT2D eigenvalue weighted by Crippen LogP contribution is -2.13. The summed E-state index contributed by atoms with van der Waals surface area (Å²) in [6.07, 6.45) is 4.09. The molecule has 4 nitrogen and oxygen atoms in total. The molecule has 0 spiro atoms. The minimum Gasteiger partial charge on any atom is -0.376 e. The normalized spacial score (nSPS) is 38.1. The SMILES string of the molecule is O=[N+]([O-])c1cc(Cl)ccc1NC1C2C3CCC(C3)C12. The number of nitro groups is 1. The molecule has 3 aliphatic rings. The summed E-state index contributed by atoms with van der Waals surface area (Å²) in [5.41, 5.74) is 0.707. The van der Waals surface area contributed by atoms with Gasteiger partial charge in [0.05, 0.1) is 4.92 Å². The van der Waals surface area contributed by atoms with Gasteiger partial charge < -0.3 is 5.32 Å². The van der Waals surface area contributed by atoms with Crippen LogP contribution < -0.4 is 5.32 Å². The number of nitrogens with zero attached hydrogens (tertiary/aromatic N) is 1. The zero-order chi connectivity index (χ0) is 13.1. The lowest BCUT2D eigenvalue weighted by Gasteiger charge is -2.12. The van der Waals surface area contributed by atoms with E-state index in [0.717, 1.165) is 23.7 Å². The van der Waals surface area contributed by atoms with Gasteiger partial charge in [0.15, 0.2) is 0 Å². The van der Waals surface area contributed by atoms with E-state index in [1.165, 1.54) is 25.3 Å². The van der Waals surface area contributed by atoms with E-state index in [9.17, 15) is 10.1 Å². The maximum Gasteiger partial charge on any atom is 0.293 e. The van der Waals surface area contributed by atoms with E-state index in [1.54, 1.807) is 12.1 Å². The van der Waals surface area contributed by atoms with Gasteiger partial charge in [-0.05, 0) is 55.1 Å². The van der Waals surface area contributed by atoms with E-state index in [-0.39, 0.29) is 10.6 Å². The van der Waals surface area contributed by atoms with E-state index >= 15 is 0 Å². The molecule has 0 amide bonds. The summed E-state index contributed by atoms with van der Waals surface area (Å²) in [6.45, 7) is 0. The first-order chi connectivity index (χ1) is 9.15. The van der Waals surface area contributed by atoms with Crippen LogP contribution in [0.4, 0.5) is 11.4 Å². The number of nitrogens with one attached hydrogen (secondary N) is 1. The number of anilines is 1. The van der Waals surface area contributed by atoms with E-state index in [2.05, 4.69) is 5.32 Å². The van der Waals surface area contributed by atoms with Crippen molar-refractivity contribution in [1.29, 1.82) is 0 Å². The first kappa shape index (κ1) is 11.5. The van der Waals surface area contributed by atoms with Gasteiger partial charge in [-0.3, -0.25) is 10.1 Å². The standard InChI is InChI=1S/C14H15ClN2O2/c15-9-3-4-10(11(6-9)17(18)19)16-14-12-7-1-2-8(5-7)13(12)14/h3-4,6-8,12-14,16H,1-2,5H2. The van der Waals surface area contributed by atoms with Crippen LogP contribution in [0.2, 0.25) is 5.02 Å². The lowest BCUT2D eigenvalue weighted by atomic mass is 10.0. The molecule has 2 bridgehead atoms. The Hall–Kier alpha value is -1.29. The maximum absolute atomic E-state index is 11.1. The van der Waals surface area contributed by atoms with Gasteiger partial charge in [-0.25, -0.2) is 0 Å². The smallest absolute Gasteiger partial charge is 0.293 e. The third-order valence-electron chi connectivity index (χ3n) is 5.21. The van der Waals surface area contributed by atoms with E-state index in [4.69, 9.17) is 11.6 Å². The molecule has 3 saturated carbocycles. The Morgan fingerprint density at radius 2 is 1.95 bits per heavy atom. The summed E-state index contributed by atoms with van der Waals surface area (Å²) in [5.74, 6) is 3.24. The van der Waals surface area contributed by atoms with Gasteiger partial charge >= 0.3 is 0 Å².